The average molecular weight is 289 g/mol. The topological polar surface area (TPSA) is 75.0 Å². The van der Waals surface area contributed by atoms with Gasteiger partial charge >= 0.3 is 0 Å². The Bertz CT molecular complexity index is 563. The molecule has 0 amide bonds. The molecule has 112 valence electrons. The van der Waals surface area contributed by atoms with Crippen LogP contribution in [0, 0.1) is 12.8 Å². The van der Waals surface area contributed by atoms with Crippen molar-refractivity contribution in [3.8, 4) is 5.88 Å². The van der Waals surface area contributed by atoms with Gasteiger partial charge < -0.3 is 9.47 Å². The van der Waals surface area contributed by atoms with Crippen molar-refractivity contribution in [3.05, 3.63) is 29.7 Å². The van der Waals surface area contributed by atoms with Crippen molar-refractivity contribution in [1.82, 2.24) is 25.2 Å². The minimum atomic E-state index is 0.326. The Balaban J connectivity index is 1.58. The summed E-state index contributed by atoms with van der Waals surface area (Å²) in [6, 6.07) is 3.81. The lowest BCUT2D eigenvalue weighted by atomic mass is 10.0. The SMILES string of the molecule is Cc1ccc(OCc2nnnn2CC2CCOCC2)nc1. The molecule has 0 bridgehead atoms. The molecule has 3 rings (SSSR count). The number of nitrogens with zero attached hydrogens (tertiary/aromatic N) is 5. The van der Waals surface area contributed by atoms with E-state index in [2.05, 4.69) is 20.5 Å². The maximum Gasteiger partial charge on any atom is 0.213 e. The van der Waals surface area contributed by atoms with Crippen molar-refractivity contribution in [2.24, 2.45) is 5.92 Å². The lowest BCUT2D eigenvalue weighted by molar-refractivity contribution is 0.0593. The maximum atomic E-state index is 5.64. The molecule has 1 fully saturated rings. The zero-order valence-electron chi connectivity index (χ0n) is 12.1. The molecular weight excluding hydrogens is 270 g/mol. The first-order chi connectivity index (χ1) is 10.3. The summed E-state index contributed by atoms with van der Waals surface area (Å²) in [6.45, 7) is 4.78. The van der Waals surface area contributed by atoms with Gasteiger partial charge in [0.15, 0.2) is 12.4 Å². The van der Waals surface area contributed by atoms with Crippen molar-refractivity contribution < 1.29 is 9.47 Å². The standard InChI is InChI=1S/C14H19N5O2/c1-11-2-3-14(15-8-11)21-10-13-16-17-18-19(13)9-12-4-6-20-7-5-12/h2-3,8,12H,4-7,9-10H2,1H3. The van der Waals surface area contributed by atoms with Gasteiger partial charge in [0.1, 0.15) is 0 Å². The summed E-state index contributed by atoms with van der Waals surface area (Å²) in [5, 5.41) is 11.8. The van der Waals surface area contributed by atoms with E-state index in [9.17, 15) is 0 Å². The molecule has 0 atom stereocenters. The fourth-order valence-electron chi connectivity index (χ4n) is 2.32. The fraction of sp³-hybridized carbons (Fsp3) is 0.571. The smallest absolute Gasteiger partial charge is 0.213 e. The molecule has 0 radical (unpaired) electrons. The van der Waals surface area contributed by atoms with Crippen molar-refractivity contribution in [2.75, 3.05) is 13.2 Å². The summed E-state index contributed by atoms with van der Waals surface area (Å²) < 4.78 is 12.8. The van der Waals surface area contributed by atoms with Crippen LogP contribution in [0.2, 0.25) is 0 Å². The van der Waals surface area contributed by atoms with Crippen LogP contribution < -0.4 is 4.74 Å². The maximum absolute atomic E-state index is 5.64. The van der Waals surface area contributed by atoms with Gasteiger partial charge in [-0.25, -0.2) is 9.67 Å². The minimum absolute atomic E-state index is 0.326. The van der Waals surface area contributed by atoms with Crippen molar-refractivity contribution in [2.45, 2.75) is 32.9 Å². The Morgan fingerprint density at radius 2 is 2.19 bits per heavy atom. The number of hydrogen-bond acceptors (Lipinski definition) is 6. The van der Waals surface area contributed by atoms with E-state index in [1.54, 1.807) is 6.20 Å². The van der Waals surface area contributed by atoms with Gasteiger partial charge in [-0.05, 0) is 41.7 Å². The zero-order chi connectivity index (χ0) is 14.5. The first-order valence-electron chi connectivity index (χ1n) is 7.19. The van der Waals surface area contributed by atoms with E-state index in [-0.39, 0.29) is 0 Å². The molecule has 3 heterocycles. The molecule has 0 unspecified atom stereocenters. The van der Waals surface area contributed by atoms with Crippen LogP contribution in [0.4, 0.5) is 0 Å². The van der Waals surface area contributed by atoms with Crippen LogP contribution in [0.15, 0.2) is 18.3 Å². The van der Waals surface area contributed by atoms with Crippen LogP contribution in [-0.2, 0) is 17.9 Å². The number of pyridine rings is 1. The van der Waals surface area contributed by atoms with Gasteiger partial charge in [-0.3, -0.25) is 0 Å². The molecule has 1 saturated heterocycles. The zero-order valence-corrected chi connectivity index (χ0v) is 12.1. The number of tetrazole rings is 1. The molecule has 2 aromatic rings. The predicted octanol–water partition coefficient (Wildman–Crippen LogP) is 1.38. The summed E-state index contributed by atoms with van der Waals surface area (Å²) in [7, 11) is 0. The molecule has 7 nitrogen and oxygen atoms in total. The molecule has 1 aliphatic heterocycles. The second-order valence-electron chi connectivity index (χ2n) is 5.30. The van der Waals surface area contributed by atoms with E-state index in [1.165, 1.54) is 0 Å². The summed E-state index contributed by atoms with van der Waals surface area (Å²) in [5.74, 6) is 1.88. The van der Waals surface area contributed by atoms with Crippen LogP contribution in [0.25, 0.3) is 0 Å². The third kappa shape index (κ3) is 3.75. The number of aryl methyl sites for hydroxylation is 1. The van der Waals surface area contributed by atoms with Gasteiger partial charge in [-0.15, -0.1) is 5.10 Å². The summed E-state index contributed by atoms with van der Waals surface area (Å²) >= 11 is 0. The Labute approximate surface area is 123 Å². The highest BCUT2D eigenvalue weighted by Gasteiger charge is 2.17. The Hall–Kier alpha value is -2.02. The van der Waals surface area contributed by atoms with Crippen molar-refractivity contribution >= 4 is 0 Å². The van der Waals surface area contributed by atoms with E-state index < -0.39 is 0 Å². The Morgan fingerprint density at radius 1 is 1.33 bits per heavy atom. The highest BCUT2D eigenvalue weighted by molar-refractivity contribution is 5.16. The predicted molar refractivity (Wildman–Crippen MR) is 74.7 cm³/mol. The monoisotopic (exact) mass is 289 g/mol. The molecule has 2 aromatic heterocycles. The number of hydrogen-bond donors (Lipinski definition) is 0. The van der Waals surface area contributed by atoms with Crippen LogP contribution in [-0.4, -0.2) is 38.4 Å². The summed E-state index contributed by atoms with van der Waals surface area (Å²) in [5.41, 5.74) is 1.10. The van der Waals surface area contributed by atoms with Crippen LogP contribution >= 0.6 is 0 Å². The Kier molecular flexibility index (Phi) is 4.40. The normalized spacial score (nSPS) is 16.0. The third-order valence-corrected chi connectivity index (χ3v) is 3.61. The molecule has 0 N–H and O–H groups in total. The minimum Gasteiger partial charge on any atom is -0.469 e. The highest BCUT2D eigenvalue weighted by Crippen LogP contribution is 2.17. The van der Waals surface area contributed by atoms with Gasteiger partial charge in [0, 0.05) is 32.0 Å². The van der Waals surface area contributed by atoms with E-state index in [1.807, 2.05) is 23.7 Å². The van der Waals surface area contributed by atoms with Gasteiger partial charge in [0.2, 0.25) is 5.88 Å². The lowest BCUT2D eigenvalue weighted by Crippen LogP contribution is -2.22. The van der Waals surface area contributed by atoms with Gasteiger partial charge in [0.05, 0.1) is 0 Å². The quantitative estimate of drug-likeness (QED) is 0.828. The van der Waals surface area contributed by atoms with Gasteiger partial charge in [-0.2, -0.15) is 0 Å². The first kappa shape index (κ1) is 13.9. The summed E-state index contributed by atoms with van der Waals surface area (Å²) in [4.78, 5) is 4.21. The van der Waals surface area contributed by atoms with E-state index >= 15 is 0 Å². The van der Waals surface area contributed by atoms with Crippen LogP contribution in [0.1, 0.15) is 24.2 Å². The second-order valence-corrected chi connectivity index (χ2v) is 5.30. The molecule has 1 aliphatic rings. The lowest BCUT2D eigenvalue weighted by Gasteiger charge is -2.21. The first-order valence-corrected chi connectivity index (χ1v) is 7.19. The van der Waals surface area contributed by atoms with Crippen LogP contribution in [0.3, 0.4) is 0 Å². The molecule has 21 heavy (non-hydrogen) atoms. The molecule has 7 heteroatoms. The van der Waals surface area contributed by atoms with E-state index in [4.69, 9.17) is 9.47 Å². The van der Waals surface area contributed by atoms with E-state index in [0.717, 1.165) is 44.0 Å². The highest BCUT2D eigenvalue weighted by atomic mass is 16.5. The van der Waals surface area contributed by atoms with Crippen molar-refractivity contribution in [3.63, 3.8) is 0 Å². The molecule has 0 aromatic carbocycles. The van der Waals surface area contributed by atoms with Crippen LogP contribution in [0.5, 0.6) is 5.88 Å². The molecule has 0 spiro atoms. The number of rotatable bonds is 5. The van der Waals surface area contributed by atoms with Gasteiger partial charge in [-0.1, -0.05) is 6.07 Å². The largest absolute Gasteiger partial charge is 0.469 e. The molecule has 0 saturated carbocycles. The molecular formula is C14H19N5O2. The average Bonchev–Trinajstić information content (AvgIpc) is 2.95. The molecule has 0 aliphatic carbocycles. The number of aromatic nitrogens is 5. The van der Waals surface area contributed by atoms with E-state index in [0.29, 0.717) is 18.4 Å². The summed E-state index contributed by atoms with van der Waals surface area (Å²) in [6.07, 6.45) is 3.89. The second kappa shape index (κ2) is 6.62. The van der Waals surface area contributed by atoms with Gasteiger partial charge in [0.25, 0.3) is 0 Å². The van der Waals surface area contributed by atoms with Crippen molar-refractivity contribution in [1.29, 1.82) is 0 Å². The Morgan fingerprint density at radius 3 is 2.95 bits per heavy atom. The fourth-order valence-corrected chi connectivity index (χ4v) is 2.32. The number of ether oxygens (including phenoxy) is 2. The third-order valence-electron chi connectivity index (χ3n) is 3.61.